The number of ether oxygens (including phenoxy) is 1. The number of nitrogens with zero attached hydrogens (tertiary/aromatic N) is 1. The van der Waals surface area contributed by atoms with E-state index in [0.717, 1.165) is 5.56 Å². The summed E-state index contributed by atoms with van der Waals surface area (Å²) in [5.74, 6) is -0.155. The monoisotopic (exact) mass is 391 g/mol. The second-order valence-electron chi connectivity index (χ2n) is 6.81. The maximum Gasteiger partial charge on any atom is 0.261 e. The Labute approximate surface area is 158 Å². The first-order valence-electron chi connectivity index (χ1n) is 8.76. The molecule has 1 aliphatic heterocycles. The number of hydrogen-bond donors (Lipinski definition) is 0. The molecule has 5 nitrogen and oxygen atoms in total. The molecular weight excluding hydrogens is 369 g/mol. The molecule has 0 N–H and O–H groups in total. The fourth-order valence-corrected chi connectivity index (χ4v) is 4.87. The number of rotatable bonds is 6. The van der Waals surface area contributed by atoms with E-state index in [1.54, 1.807) is 24.3 Å². The van der Waals surface area contributed by atoms with Gasteiger partial charge in [0, 0.05) is 12.6 Å². The minimum absolute atomic E-state index is 0.0589. The molecule has 7 heteroatoms. The van der Waals surface area contributed by atoms with Crippen LogP contribution in [0.15, 0.2) is 48.5 Å². The molecule has 0 aromatic heterocycles. The summed E-state index contributed by atoms with van der Waals surface area (Å²) in [6.45, 7) is 1.90. The van der Waals surface area contributed by atoms with Gasteiger partial charge in [0.05, 0.1) is 11.5 Å². The lowest BCUT2D eigenvalue weighted by molar-refractivity contribution is -0.136. The second kappa shape index (κ2) is 8.08. The molecule has 1 heterocycles. The van der Waals surface area contributed by atoms with Gasteiger partial charge in [0.2, 0.25) is 0 Å². The molecule has 0 radical (unpaired) electrons. The highest BCUT2D eigenvalue weighted by Crippen LogP contribution is 2.21. The molecule has 0 bridgehead atoms. The number of amides is 1. The van der Waals surface area contributed by atoms with Gasteiger partial charge in [-0.2, -0.15) is 0 Å². The van der Waals surface area contributed by atoms with Crippen molar-refractivity contribution in [2.45, 2.75) is 25.9 Å². The molecule has 1 aliphatic rings. The average Bonchev–Trinajstić information content (AvgIpc) is 2.98. The van der Waals surface area contributed by atoms with Crippen LogP contribution in [0.4, 0.5) is 4.39 Å². The summed E-state index contributed by atoms with van der Waals surface area (Å²) < 4.78 is 42.8. The Kier molecular flexibility index (Phi) is 5.79. The summed E-state index contributed by atoms with van der Waals surface area (Å²) in [5.41, 5.74) is 1.69. The summed E-state index contributed by atoms with van der Waals surface area (Å²) in [6.07, 6.45) is 0.383. The van der Waals surface area contributed by atoms with Gasteiger partial charge in [0.25, 0.3) is 5.91 Å². The molecule has 0 unspecified atom stereocenters. The van der Waals surface area contributed by atoms with E-state index in [1.807, 2.05) is 19.1 Å². The highest BCUT2D eigenvalue weighted by molar-refractivity contribution is 7.91. The van der Waals surface area contributed by atoms with E-state index >= 15 is 0 Å². The molecule has 144 valence electrons. The second-order valence-corrected chi connectivity index (χ2v) is 9.04. The van der Waals surface area contributed by atoms with Crippen LogP contribution in [0, 0.1) is 12.7 Å². The van der Waals surface area contributed by atoms with E-state index in [1.165, 1.54) is 17.0 Å². The molecular formula is C20H22FNO4S. The lowest BCUT2D eigenvalue weighted by Crippen LogP contribution is -2.43. The van der Waals surface area contributed by atoms with Crippen LogP contribution in [0.25, 0.3) is 0 Å². The number of carbonyl (C=O) groups excluding carboxylic acids is 1. The standard InChI is InChI=1S/C20H22FNO4S/c1-15-5-7-19(8-6-15)26-13-20(23)22(18-9-10-27(24,25)14-18)12-16-3-2-4-17(21)11-16/h2-8,11,18H,9-10,12-14H2,1H3/t18-/m0/s1. The van der Waals surface area contributed by atoms with E-state index in [0.29, 0.717) is 17.7 Å². The van der Waals surface area contributed by atoms with Crippen LogP contribution >= 0.6 is 0 Å². The Balaban J connectivity index is 1.73. The van der Waals surface area contributed by atoms with Crippen molar-refractivity contribution < 1.29 is 22.3 Å². The lowest BCUT2D eigenvalue weighted by Gasteiger charge is -2.28. The Bertz CT molecular complexity index is 912. The SMILES string of the molecule is Cc1ccc(OCC(=O)N(Cc2cccc(F)c2)[C@H]2CCS(=O)(=O)C2)cc1. The zero-order chi connectivity index (χ0) is 19.4. The van der Waals surface area contributed by atoms with Gasteiger partial charge in [0.15, 0.2) is 16.4 Å². The van der Waals surface area contributed by atoms with E-state index in [9.17, 15) is 17.6 Å². The van der Waals surface area contributed by atoms with Crippen molar-refractivity contribution in [3.8, 4) is 5.75 Å². The van der Waals surface area contributed by atoms with Crippen molar-refractivity contribution in [1.29, 1.82) is 0 Å². The maximum absolute atomic E-state index is 13.5. The number of benzene rings is 2. The third-order valence-electron chi connectivity index (χ3n) is 4.59. The van der Waals surface area contributed by atoms with Crippen molar-refractivity contribution in [3.63, 3.8) is 0 Å². The highest BCUT2D eigenvalue weighted by atomic mass is 32.2. The van der Waals surface area contributed by atoms with Crippen molar-refractivity contribution >= 4 is 15.7 Å². The van der Waals surface area contributed by atoms with Gasteiger partial charge in [-0.15, -0.1) is 0 Å². The minimum Gasteiger partial charge on any atom is -0.484 e. The molecule has 1 saturated heterocycles. The molecule has 3 rings (SSSR count). The van der Waals surface area contributed by atoms with Crippen LogP contribution in [0.5, 0.6) is 5.75 Å². The Hall–Kier alpha value is -2.41. The fraction of sp³-hybridized carbons (Fsp3) is 0.350. The molecule has 1 amide bonds. The molecule has 2 aromatic carbocycles. The van der Waals surface area contributed by atoms with Crippen molar-refractivity contribution in [2.75, 3.05) is 18.1 Å². The van der Waals surface area contributed by atoms with E-state index in [2.05, 4.69) is 0 Å². The molecule has 1 atom stereocenters. The van der Waals surface area contributed by atoms with Crippen molar-refractivity contribution in [2.24, 2.45) is 0 Å². The molecule has 1 fully saturated rings. The Morgan fingerprint density at radius 3 is 2.59 bits per heavy atom. The van der Waals surface area contributed by atoms with Crippen molar-refractivity contribution in [3.05, 3.63) is 65.5 Å². The van der Waals surface area contributed by atoms with Crippen molar-refractivity contribution in [1.82, 2.24) is 4.90 Å². The Morgan fingerprint density at radius 1 is 1.22 bits per heavy atom. The van der Waals surface area contributed by atoms with Gasteiger partial charge in [-0.25, -0.2) is 12.8 Å². The van der Waals surface area contributed by atoms with Crippen LogP contribution in [0.2, 0.25) is 0 Å². The van der Waals surface area contributed by atoms with E-state index < -0.39 is 21.7 Å². The topological polar surface area (TPSA) is 63.7 Å². The fourth-order valence-electron chi connectivity index (χ4n) is 3.14. The Morgan fingerprint density at radius 2 is 1.96 bits per heavy atom. The summed E-state index contributed by atoms with van der Waals surface area (Å²) in [4.78, 5) is 14.3. The van der Waals surface area contributed by atoms with Crippen LogP contribution in [-0.4, -0.2) is 43.4 Å². The van der Waals surface area contributed by atoms with Crippen LogP contribution < -0.4 is 4.74 Å². The first-order valence-corrected chi connectivity index (χ1v) is 10.6. The van der Waals surface area contributed by atoms with Crippen LogP contribution in [-0.2, 0) is 21.2 Å². The quantitative estimate of drug-likeness (QED) is 0.760. The predicted molar refractivity (Wildman–Crippen MR) is 101 cm³/mol. The number of carbonyl (C=O) groups is 1. The first kappa shape index (κ1) is 19.4. The van der Waals surface area contributed by atoms with E-state index in [-0.39, 0.29) is 30.6 Å². The third kappa shape index (κ3) is 5.29. The van der Waals surface area contributed by atoms with Gasteiger partial charge in [-0.1, -0.05) is 29.8 Å². The minimum atomic E-state index is -3.16. The number of halogens is 1. The van der Waals surface area contributed by atoms with Gasteiger partial charge >= 0.3 is 0 Å². The van der Waals surface area contributed by atoms with Gasteiger partial charge in [0.1, 0.15) is 11.6 Å². The predicted octanol–water partition coefficient (Wildman–Crippen LogP) is 2.73. The van der Waals surface area contributed by atoms with Gasteiger partial charge in [-0.3, -0.25) is 4.79 Å². The van der Waals surface area contributed by atoms with Crippen LogP contribution in [0.1, 0.15) is 17.5 Å². The van der Waals surface area contributed by atoms with Crippen LogP contribution in [0.3, 0.4) is 0 Å². The number of aryl methyl sites for hydroxylation is 1. The maximum atomic E-state index is 13.5. The summed E-state index contributed by atoms with van der Waals surface area (Å²) in [5, 5.41) is 0. The summed E-state index contributed by atoms with van der Waals surface area (Å²) in [7, 11) is -3.16. The first-order chi connectivity index (χ1) is 12.8. The summed E-state index contributed by atoms with van der Waals surface area (Å²) in [6, 6.07) is 12.9. The molecule has 0 saturated carbocycles. The lowest BCUT2D eigenvalue weighted by atomic mass is 10.1. The average molecular weight is 391 g/mol. The molecule has 0 aliphatic carbocycles. The highest BCUT2D eigenvalue weighted by Gasteiger charge is 2.34. The zero-order valence-corrected chi connectivity index (χ0v) is 15.9. The number of hydrogen-bond acceptors (Lipinski definition) is 4. The smallest absolute Gasteiger partial charge is 0.261 e. The summed E-state index contributed by atoms with van der Waals surface area (Å²) >= 11 is 0. The molecule has 27 heavy (non-hydrogen) atoms. The zero-order valence-electron chi connectivity index (χ0n) is 15.1. The molecule has 0 spiro atoms. The van der Waals surface area contributed by atoms with Gasteiger partial charge in [-0.05, 0) is 43.2 Å². The van der Waals surface area contributed by atoms with E-state index in [4.69, 9.17) is 4.74 Å². The molecule has 2 aromatic rings. The third-order valence-corrected chi connectivity index (χ3v) is 6.35. The number of sulfone groups is 1. The van der Waals surface area contributed by atoms with Gasteiger partial charge < -0.3 is 9.64 Å². The normalized spacial score (nSPS) is 18.2. The largest absolute Gasteiger partial charge is 0.484 e.